The van der Waals surface area contributed by atoms with Gasteiger partial charge in [0.1, 0.15) is 0 Å². The fraction of sp³-hybridized carbons (Fsp3) is 0.632. The lowest BCUT2D eigenvalue weighted by atomic mass is 9.65. The van der Waals surface area contributed by atoms with Gasteiger partial charge in [-0.3, -0.25) is 4.79 Å². The molecule has 1 aromatic carbocycles. The smallest absolute Gasteiger partial charge is 0.240 e. The third-order valence-electron chi connectivity index (χ3n) is 5.66. The molecule has 2 saturated carbocycles. The van der Waals surface area contributed by atoms with Gasteiger partial charge in [0.2, 0.25) is 5.91 Å². The van der Waals surface area contributed by atoms with Crippen LogP contribution < -0.4 is 11.1 Å². The van der Waals surface area contributed by atoms with E-state index in [0.717, 1.165) is 38.6 Å². The molecule has 2 aliphatic rings. The summed E-state index contributed by atoms with van der Waals surface area (Å²) in [6.07, 6.45) is 9.80. The Morgan fingerprint density at radius 2 is 1.68 bits per heavy atom. The van der Waals surface area contributed by atoms with E-state index < -0.39 is 5.54 Å². The minimum Gasteiger partial charge on any atom is -0.354 e. The molecule has 3 nitrogen and oxygen atoms in total. The van der Waals surface area contributed by atoms with Crippen molar-refractivity contribution >= 4 is 5.91 Å². The van der Waals surface area contributed by atoms with Crippen molar-refractivity contribution in [2.24, 2.45) is 11.1 Å². The largest absolute Gasteiger partial charge is 0.354 e. The van der Waals surface area contributed by atoms with E-state index in [0.29, 0.717) is 0 Å². The van der Waals surface area contributed by atoms with E-state index in [4.69, 9.17) is 5.73 Å². The molecule has 0 aromatic heterocycles. The summed E-state index contributed by atoms with van der Waals surface area (Å²) in [7, 11) is 0. The van der Waals surface area contributed by atoms with Crippen molar-refractivity contribution in [1.29, 1.82) is 0 Å². The molecule has 3 heteroatoms. The quantitative estimate of drug-likeness (QED) is 0.877. The van der Waals surface area contributed by atoms with Crippen molar-refractivity contribution < 1.29 is 4.79 Å². The summed E-state index contributed by atoms with van der Waals surface area (Å²) >= 11 is 0. The minimum atomic E-state index is -0.615. The van der Waals surface area contributed by atoms with Crippen LogP contribution in [-0.2, 0) is 11.2 Å². The third kappa shape index (κ3) is 3.35. The first kappa shape index (κ1) is 15.5. The zero-order chi connectivity index (χ0) is 15.5. The van der Waals surface area contributed by atoms with E-state index in [2.05, 4.69) is 35.6 Å². The van der Waals surface area contributed by atoms with E-state index in [1.165, 1.54) is 31.2 Å². The fourth-order valence-corrected chi connectivity index (χ4v) is 3.98. The minimum absolute atomic E-state index is 0.0755. The van der Waals surface area contributed by atoms with Crippen LogP contribution in [0.5, 0.6) is 0 Å². The molecule has 0 spiro atoms. The highest BCUT2D eigenvalue weighted by Crippen LogP contribution is 2.43. The van der Waals surface area contributed by atoms with E-state index >= 15 is 0 Å². The molecule has 0 unspecified atom stereocenters. The van der Waals surface area contributed by atoms with Gasteiger partial charge in [0.15, 0.2) is 0 Å². The Morgan fingerprint density at radius 3 is 2.27 bits per heavy atom. The number of hydrogen-bond donors (Lipinski definition) is 2. The number of nitrogens with two attached hydrogens (primary N) is 1. The second-order valence-electron chi connectivity index (χ2n) is 7.42. The maximum absolute atomic E-state index is 12.5. The third-order valence-corrected chi connectivity index (χ3v) is 5.66. The molecule has 0 aliphatic heterocycles. The first-order chi connectivity index (χ1) is 10.6. The van der Waals surface area contributed by atoms with Gasteiger partial charge < -0.3 is 11.1 Å². The topological polar surface area (TPSA) is 55.1 Å². The van der Waals surface area contributed by atoms with Crippen LogP contribution in [0.3, 0.4) is 0 Å². The predicted octanol–water partition coefficient (Wildman–Crippen LogP) is 3.18. The van der Waals surface area contributed by atoms with E-state index in [-0.39, 0.29) is 11.3 Å². The molecule has 0 atom stereocenters. The number of hydrogen-bond acceptors (Lipinski definition) is 2. The van der Waals surface area contributed by atoms with Gasteiger partial charge in [0.05, 0.1) is 5.54 Å². The summed E-state index contributed by atoms with van der Waals surface area (Å²) < 4.78 is 0. The molecule has 1 amide bonds. The molecule has 0 radical (unpaired) electrons. The second kappa shape index (κ2) is 6.41. The van der Waals surface area contributed by atoms with Crippen LogP contribution in [0.4, 0.5) is 0 Å². The molecule has 0 heterocycles. The van der Waals surface area contributed by atoms with Gasteiger partial charge in [0, 0.05) is 6.54 Å². The molecule has 1 aromatic rings. The van der Waals surface area contributed by atoms with Gasteiger partial charge in [-0.15, -0.1) is 0 Å². The number of carbonyl (C=O) groups excluding carboxylic acids is 1. The number of benzene rings is 1. The molecule has 3 N–H and O–H groups in total. The first-order valence-corrected chi connectivity index (χ1v) is 8.73. The Kier molecular flexibility index (Phi) is 4.53. The summed E-state index contributed by atoms with van der Waals surface area (Å²) in [6.45, 7) is 0.777. The number of rotatable bonds is 5. The van der Waals surface area contributed by atoms with Crippen molar-refractivity contribution in [3.63, 3.8) is 0 Å². The molecule has 22 heavy (non-hydrogen) atoms. The predicted molar refractivity (Wildman–Crippen MR) is 89.4 cm³/mol. The number of carbonyl (C=O) groups is 1. The molecule has 2 fully saturated rings. The fourth-order valence-electron chi connectivity index (χ4n) is 3.98. The van der Waals surface area contributed by atoms with Crippen molar-refractivity contribution in [1.82, 2.24) is 5.32 Å². The average Bonchev–Trinajstić information content (AvgIpc) is 2.51. The Labute approximate surface area is 133 Å². The van der Waals surface area contributed by atoms with E-state index in [9.17, 15) is 4.79 Å². The van der Waals surface area contributed by atoms with Crippen LogP contribution in [0.1, 0.15) is 56.9 Å². The highest BCUT2D eigenvalue weighted by atomic mass is 16.2. The normalized spacial score (nSPS) is 22.6. The lowest BCUT2D eigenvalue weighted by Gasteiger charge is -2.43. The number of amides is 1. The van der Waals surface area contributed by atoms with Crippen LogP contribution in [-0.4, -0.2) is 18.0 Å². The van der Waals surface area contributed by atoms with Gasteiger partial charge in [0.25, 0.3) is 0 Å². The Bertz CT molecular complexity index is 501. The SMILES string of the molecule is NC1(C(=O)NCC2(Cc3ccccc3)CCC2)CCCCC1. The second-order valence-corrected chi connectivity index (χ2v) is 7.42. The Hall–Kier alpha value is -1.35. The van der Waals surface area contributed by atoms with E-state index in [1.54, 1.807) is 0 Å². The first-order valence-electron chi connectivity index (χ1n) is 8.73. The molecule has 0 bridgehead atoms. The summed E-state index contributed by atoms with van der Waals surface area (Å²) in [5.74, 6) is 0.0755. The van der Waals surface area contributed by atoms with Crippen LogP contribution in [0, 0.1) is 5.41 Å². The Morgan fingerprint density at radius 1 is 1.00 bits per heavy atom. The Balaban J connectivity index is 1.58. The zero-order valence-corrected chi connectivity index (χ0v) is 13.4. The van der Waals surface area contributed by atoms with E-state index in [1.807, 2.05) is 0 Å². The summed E-state index contributed by atoms with van der Waals surface area (Å²) in [5, 5.41) is 3.19. The van der Waals surface area contributed by atoms with Crippen molar-refractivity contribution in [3.8, 4) is 0 Å². The summed E-state index contributed by atoms with van der Waals surface area (Å²) in [5.41, 5.74) is 7.34. The highest BCUT2D eigenvalue weighted by molar-refractivity contribution is 5.86. The zero-order valence-electron chi connectivity index (χ0n) is 13.4. The maximum atomic E-state index is 12.5. The van der Waals surface area contributed by atoms with Crippen molar-refractivity contribution in [2.75, 3.05) is 6.54 Å². The molecular formula is C19H28N2O. The monoisotopic (exact) mass is 300 g/mol. The van der Waals surface area contributed by atoms with Crippen LogP contribution in [0.25, 0.3) is 0 Å². The molecule has 120 valence electrons. The van der Waals surface area contributed by atoms with Crippen LogP contribution >= 0.6 is 0 Å². The molecular weight excluding hydrogens is 272 g/mol. The van der Waals surface area contributed by atoms with Gasteiger partial charge in [-0.25, -0.2) is 0 Å². The lowest BCUT2D eigenvalue weighted by Crippen LogP contribution is -2.57. The van der Waals surface area contributed by atoms with Gasteiger partial charge in [-0.1, -0.05) is 56.0 Å². The maximum Gasteiger partial charge on any atom is 0.240 e. The average molecular weight is 300 g/mol. The van der Waals surface area contributed by atoms with Gasteiger partial charge in [-0.05, 0) is 43.1 Å². The van der Waals surface area contributed by atoms with Crippen LogP contribution in [0.2, 0.25) is 0 Å². The highest BCUT2D eigenvalue weighted by Gasteiger charge is 2.40. The lowest BCUT2D eigenvalue weighted by molar-refractivity contribution is -0.128. The molecule has 2 aliphatic carbocycles. The van der Waals surface area contributed by atoms with Gasteiger partial charge in [-0.2, -0.15) is 0 Å². The standard InChI is InChI=1S/C19H28N2O/c20-19(12-5-2-6-13-19)17(22)21-15-18(10-7-11-18)14-16-8-3-1-4-9-16/h1,3-4,8-9H,2,5-7,10-15,20H2,(H,21,22). The van der Waals surface area contributed by atoms with Gasteiger partial charge >= 0.3 is 0 Å². The molecule has 0 saturated heterocycles. The van der Waals surface area contributed by atoms with Crippen molar-refractivity contribution in [2.45, 2.75) is 63.3 Å². The van der Waals surface area contributed by atoms with Crippen molar-refractivity contribution in [3.05, 3.63) is 35.9 Å². The summed E-state index contributed by atoms with van der Waals surface area (Å²) in [4.78, 5) is 12.5. The molecule has 3 rings (SSSR count). The van der Waals surface area contributed by atoms with Crippen LogP contribution in [0.15, 0.2) is 30.3 Å². The summed E-state index contributed by atoms with van der Waals surface area (Å²) in [6, 6.07) is 10.6. The number of nitrogens with one attached hydrogen (secondary N) is 1.